The Morgan fingerprint density at radius 1 is 0.929 bits per heavy atom. The van der Waals surface area contributed by atoms with Gasteiger partial charge in [-0.3, -0.25) is 9.59 Å². The molecule has 0 aliphatic carbocycles. The van der Waals surface area contributed by atoms with Crippen LogP contribution in [0.2, 0.25) is 0 Å². The van der Waals surface area contributed by atoms with Gasteiger partial charge in [0.05, 0.1) is 11.6 Å². The number of carbonyl (C=O) groups excluding carboxylic acids is 2. The van der Waals surface area contributed by atoms with E-state index in [1.807, 2.05) is 6.07 Å². The fraction of sp³-hybridized carbons (Fsp3) is 0.0476. The molecule has 0 aliphatic rings. The molecule has 0 bridgehead atoms. The molecule has 0 spiro atoms. The highest BCUT2D eigenvalue weighted by molar-refractivity contribution is 6.05. The molecule has 138 valence electrons. The Balaban J connectivity index is 1.73. The van der Waals surface area contributed by atoms with E-state index in [9.17, 15) is 9.59 Å². The van der Waals surface area contributed by atoms with Gasteiger partial charge in [0.1, 0.15) is 5.82 Å². The lowest BCUT2D eigenvalue weighted by molar-refractivity contribution is -0.114. The Labute approximate surface area is 162 Å². The molecule has 0 saturated heterocycles. The average molecular weight is 371 g/mol. The number of pyridine rings is 1. The van der Waals surface area contributed by atoms with Gasteiger partial charge < -0.3 is 16.0 Å². The first-order valence-corrected chi connectivity index (χ1v) is 8.46. The minimum absolute atomic E-state index is 0.186. The molecule has 2 aromatic carbocycles. The van der Waals surface area contributed by atoms with Crippen molar-refractivity contribution in [2.75, 3.05) is 16.0 Å². The SMILES string of the molecule is CC(=O)Nc1cccc(NC(=O)c2ccnc(Nc3cccc(C#N)c3)c2)c1. The van der Waals surface area contributed by atoms with E-state index >= 15 is 0 Å². The normalized spacial score (nSPS) is 9.86. The molecule has 1 aromatic heterocycles. The number of rotatable bonds is 5. The lowest BCUT2D eigenvalue weighted by Gasteiger charge is -2.10. The van der Waals surface area contributed by atoms with Crippen LogP contribution in [0.25, 0.3) is 0 Å². The van der Waals surface area contributed by atoms with Gasteiger partial charge in [0.15, 0.2) is 0 Å². The Hall–Kier alpha value is -4.18. The van der Waals surface area contributed by atoms with Crippen LogP contribution in [0.1, 0.15) is 22.8 Å². The van der Waals surface area contributed by atoms with Crippen molar-refractivity contribution in [1.82, 2.24) is 4.98 Å². The Bertz CT molecular complexity index is 1070. The maximum absolute atomic E-state index is 12.6. The van der Waals surface area contributed by atoms with Crippen molar-refractivity contribution in [3.05, 3.63) is 78.0 Å². The molecule has 0 aliphatic heterocycles. The smallest absolute Gasteiger partial charge is 0.255 e. The lowest BCUT2D eigenvalue weighted by atomic mass is 10.2. The number of benzene rings is 2. The van der Waals surface area contributed by atoms with Gasteiger partial charge in [-0.15, -0.1) is 0 Å². The van der Waals surface area contributed by atoms with E-state index in [2.05, 4.69) is 27.0 Å². The first kappa shape index (κ1) is 18.6. The van der Waals surface area contributed by atoms with Gasteiger partial charge in [-0.2, -0.15) is 5.26 Å². The molecule has 0 atom stereocenters. The second-order valence-electron chi connectivity index (χ2n) is 5.96. The van der Waals surface area contributed by atoms with Crippen LogP contribution in [0, 0.1) is 11.3 Å². The summed E-state index contributed by atoms with van der Waals surface area (Å²) in [7, 11) is 0. The number of carbonyl (C=O) groups is 2. The average Bonchev–Trinajstić information content (AvgIpc) is 2.68. The van der Waals surface area contributed by atoms with Gasteiger partial charge in [-0.1, -0.05) is 12.1 Å². The molecular weight excluding hydrogens is 354 g/mol. The first-order chi connectivity index (χ1) is 13.5. The Morgan fingerprint density at radius 2 is 1.64 bits per heavy atom. The van der Waals surface area contributed by atoms with Crippen molar-refractivity contribution in [1.29, 1.82) is 5.26 Å². The topological polar surface area (TPSA) is 107 Å². The summed E-state index contributed by atoms with van der Waals surface area (Å²) < 4.78 is 0. The highest BCUT2D eigenvalue weighted by Gasteiger charge is 2.09. The van der Waals surface area contributed by atoms with E-state index in [1.54, 1.807) is 54.6 Å². The van der Waals surface area contributed by atoms with Crippen LogP contribution < -0.4 is 16.0 Å². The van der Waals surface area contributed by atoms with E-state index < -0.39 is 0 Å². The van der Waals surface area contributed by atoms with E-state index in [4.69, 9.17) is 5.26 Å². The summed E-state index contributed by atoms with van der Waals surface area (Å²) in [6, 6.07) is 19.2. The maximum Gasteiger partial charge on any atom is 0.255 e. The quantitative estimate of drug-likeness (QED) is 0.630. The van der Waals surface area contributed by atoms with Crippen molar-refractivity contribution in [2.45, 2.75) is 6.92 Å². The minimum atomic E-state index is -0.309. The third-order valence-corrected chi connectivity index (χ3v) is 3.73. The summed E-state index contributed by atoms with van der Waals surface area (Å²) in [5.41, 5.74) is 2.80. The number of nitriles is 1. The van der Waals surface area contributed by atoms with Gasteiger partial charge in [0.2, 0.25) is 5.91 Å². The fourth-order valence-electron chi connectivity index (χ4n) is 2.54. The third-order valence-electron chi connectivity index (χ3n) is 3.73. The molecule has 0 saturated carbocycles. The summed E-state index contributed by atoms with van der Waals surface area (Å²) in [5, 5.41) is 17.5. The molecule has 0 fully saturated rings. The molecular formula is C21H17N5O2. The largest absolute Gasteiger partial charge is 0.340 e. The van der Waals surface area contributed by atoms with Crippen LogP contribution >= 0.6 is 0 Å². The highest BCUT2D eigenvalue weighted by atomic mass is 16.2. The molecule has 1 heterocycles. The molecule has 3 aromatic rings. The standard InChI is InChI=1S/C21H17N5O2/c1-14(27)24-18-6-3-7-19(12-18)26-21(28)16-8-9-23-20(11-16)25-17-5-2-4-15(10-17)13-22/h2-12H,1H3,(H,23,25)(H,24,27)(H,26,28). The Kier molecular flexibility index (Phi) is 5.63. The maximum atomic E-state index is 12.6. The molecule has 28 heavy (non-hydrogen) atoms. The fourth-order valence-corrected chi connectivity index (χ4v) is 2.54. The predicted octanol–water partition coefficient (Wildman–Crippen LogP) is 3.91. The second kappa shape index (κ2) is 8.47. The number of anilines is 4. The number of hydrogen-bond donors (Lipinski definition) is 3. The van der Waals surface area contributed by atoms with Gasteiger partial charge >= 0.3 is 0 Å². The van der Waals surface area contributed by atoms with E-state index in [-0.39, 0.29) is 11.8 Å². The summed E-state index contributed by atoms with van der Waals surface area (Å²) in [6.45, 7) is 1.42. The molecule has 3 rings (SSSR count). The molecule has 7 nitrogen and oxygen atoms in total. The van der Waals surface area contributed by atoms with Crippen molar-refractivity contribution in [2.24, 2.45) is 0 Å². The molecule has 3 N–H and O–H groups in total. The zero-order chi connectivity index (χ0) is 19.9. The highest BCUT2D eigenvalue weighted by Crippen LogP contribution is 2.19. The molecule has 7 heteroatoms. The van der Waals surface area contributed by atoms with Crippen LogP contribution in [0.3, 0.4) is 0 Å². The number of nitrogens with one attached hydrogen (secondary N) is 3. The minimum Gasteiger partial charge on any atom is -0.340 e. The van der Waals surface area contributed by atoms with Crippen molar-refractivity contribution in [3.63, 3.8) is 0 Å². The predicted molar refractivity (Wildman–Crippen MR) is 107 cm³/mol. The number of amides is 2. The summed E-state index contributed by atoms with van der Waals surface area (Å²) >= 11 is 0. The van der Waals surface area contributed by atoms with E-state index in [1.165, 1.54) is 13.1 Å². The monoisotopic (exact) mass is 371 g/mol. The Morgan fingerprint density at radius 3 is 2.39 bits per heavy atom. The van der Waals surface area contributed by atoms with E-state index in [0.29, 0.717) is 34.0 Å². The molecule has 2 amide bonds. The summed E-state index contributed by atoms with van der Waals surface area (Å²) in [5.74, 6) is -0.0141. The van der Waals surface area contributed by atoms with Crippen LogP contribution in [0.15, 0.2) is 66.9 Å². The van der Waals surface area contributed by atoms with Crippen molar-refractivity contribution in [3.8, 4) is 6.07 Å². The van der Waals surface area contributed by atoms with Gasteiger partial charge in [-0.25, -0.2) is 4.98 Å². The van der Waals surface area contributed by atoms with Gasteiger partial charge in [0, 0.05) is 35.7 Å². The summed E-state index contributed by atoms with van der Waals surface area (Å²) in [4.78, 5) is 27.9. The second-order valence-corrected chi connectivity index (χ2v) is 5.96. The van der Waals surface area contributed by atoms with E-state index in [0.717, 1.165) is 0 Å². The van der Waals surface area contributed by atoms with Crippen LogP contribution in [-0.2, 0) is 4.79 Å². The van der Waals surface area contributed by atoms with Crippen LogP contribution in [0.5, 0.6) is 0 Å². The first-order valence-electron chi connectivity index (χ1n) is 8.46. The zero-order valence-electron chi connectivity index (χ0n) is 15.1. The number of aromatic nitrogens is 1. The number of hydrogen-bond acceptors (Lipinski definition) is 5. The zero-order valence-corrected chi connectivity index (χ0v) is 15.1. The van der Waals surface area contributed by atoms with Crippen molar-refractivity contribution >= 4 is 34.7 Å². The third kappa shape index (κ3) is 4.93. The van der Waals surface area contributed by atoms with Gasteiger partial charge in [0.25, 0.3) is 5.91 Å². The molecule has 0 radical (unpaired) electrons. The summed E-state index contributed by atoms with van der Waals surface area (Å²) in [6.07, 6.45) is 1.53. The van der Waals surface area contributed by atoms with Crippen LogP contribution in [0.4, 0.5) is 22.9 Å². The lowest BCUT2D eigenvalue weighted by Crippen LogP contribution is -2.13. The van der Waals surface area contributed by atoms with Crippen molar-refractivity contribution < 1.29 is 9.59 Å². The molecule has 0 unspecified atom stereocenters. The number of nitrogens with zero attached hydrogens (tertiary/aromatic N) is 2. The van der Waals surface area contributed by atoms with Gasteiger partial charge in [-0.05, 0) is 48.5 Å². The van der Waals surface area contributed by atoms with Crippen LogP contribution in [-0.4, -0.2) is 16.8 Å².